The summed E-state index contributed by atoms with van der Waals surface area (Å²) in [6, 6.07) is 29.0. The van der Waals surface area contributed by atoms with E-state index < -0.39 is 12.0 Å². The first kappa shape index (κ1) is 21.2. The number of nitrogens with one attached hydrogen (secondary N) is 1. The highest BCUT2D eigenvalue weighted by Crippen LogP contribution is 2.44. The van der Waals surface area contributed by atoms with Crippen molar-refractivity contribution in [3.63, 3.8) is 0 Å². The summed E-state index contributed by atoms with van der Waals surface area (Å²) < 4.78 is 5.34. The average molecular weight is 432 g/mol. The molecule has 0 bridgehead atoms. The summed E-state index contributed by atoms with van der Waals surface area (Å²) in [6.07, 6.45) is 0. The normalized spacial score (nSPS) is 21.0. The van der Waals surface area contributed by atoms with Crippen molar-refractivity contribution in [1.82, 2.24) is 5.32 Å². The van der Waals surface area contributed by atoms with Crippen molar-refractivity contribution in [2.24, 2.45) is 0 Å². The summed E-state index contributed by atoms with van der Waals surface area (Å²) >= 11 is 1.53. The molecule has 0 fully saturated rings. The van der Waals surface area contributed by atoms with Gasteiger partial charge in [-0.2, -0.15) is 0 Å². The van der Waals surface area contributed by atoms with Crippen LogP contribution in [-0.2, 0) is 9.53 Å². The van der Waals surface area contributed by atoms with Crippen LogP contribution in [0.3, 0.4) is 0 Å². The van der Waals surface area contributed by atoms with E-state index in [1.165, 1.54) is 11.8 Å². The van der Waals surface area contributed by atoms with Crippen molar-refractivity contribution in [2.75, 3.05) is 6.61 Å². The summed E-state index contributed by atoms with van der Waals surface area (Å²) in [5.41, 5.74) is 2.22. The Bertz CT molecular complexity index is 1040. The Morgan fingerprint density at radius 1 is 0.903 bits per heavy atom. The van der Waals surface area contributed by atoms with Crippen LogP contribution in [0.5, 0.6) is 0 Å². The topological polar surface area (TPSA) is 58.6 Å². The Hall–Kier alpha value is -3.02. The van der Waals surface area contributed by atoms with E-state index in [0.717, 1.165) is 16.0 Å². The predicted octanol–water partition coefficient (Wildman–Crippen LogP) is 5.61. The van der Waals surface area contributed by atoms with Crippen molar-refractivity contribution in [1.29, 1.82) is 0 Å². The zero-order valence-corrected chi connectivity index (χ0v) is 18.1. The lowest BCUT2D eigenvalue weighted by Crippen LogP contribution is -2.43. The maximum Gasteiger partial charge on any atom is 0.339 e. The third-order valence-electron chi connectivity index (χ3n) is 5.28. The molecular weight excluding hydrogens is 406 g/mol. The molecule has 31 heavy (non-hydrogen) atoms. The number of benzene rings is 3. The van der Waals surface area contributed by atoms with Crippen LogP contribution in [0.1, 0.15) is 30.1 Å². The molecule has 3 aromatic rings. The molecule has 0 aromatic heterocycles. The standard InChI is InChI=1S/C26H25NO3S/c1-2-30-26(29)21-22(18-12-6-3-7-13-18)27-23(19-14-8-4-9-15-19)25(24(21)28)31-20-16-10-5-11-17-20/h3-17,22-23,25,27-28H,2H2,1H3/t22-,23-,25-/m0/s1. The number of thioether (sulfide) groups is 1. The second-order valence-corrected chi connectivity index (χ2v) is 8.48. The van der Waals surface area contributed by atoms with E-state index >= 15 is 0 Å². The number of carbonyl (C=O) groups excluding carboxylic acids is 1. The lowest BCUT2D eigenvalue weighted by atomic mass is 9.88. The number of aliphatic hydroxyl groups is 1. The third-order valence-corrected chi connectivity index (χ3v) is 6.57. The Morgan fingerprint density at radius 2 is 1.45 bits per heavy atom. The maximum absolute atomic E-state index is 12.9. The fourth-order valence-electron chi connectivity index (χ4n) is 3.85. The molecule has 0 amide bonds. The van der Waals surface area contributed by atoms with Crippen LogP contribution in [0, 0.1) is 0 Å². The van der Waals surface area contributed by atoms with E-state index in [2.05, 4.69) is 5.32 Å². The Kier molecular flexibility index (Phi) is 6.75. The Balaban J connectivity index is 1.84. The highest BCUT2D eigenvalue weighted by atomic mass is 32.2. The first-order valence-electron chi connectivity index (χ1n) is 10.4. The van der Waals surface area contributed by atoms with Gasteiger partial charge in [-0.3, -0.25) is 5.32 Å². The van der Waals surface area contributed by atoms with Crippen molar-refractivity contribution < 1.29 is 14.6 Å². The van der Waals surface area contributed by atoms with Gasteiger partial charge in [0.15, 0.2) is 0 Å². The summed E-state index contributed by atoms with van der Waals surface area (Å²) in [4.78, 5) is 14.0. The number of rotatable bonds is 6. The third kappa shape index (κ3) is 4.68. The van der Waals surface area contributed by atoms with Gasteiger partial charge in [0.25, 0.3) is 0 Å². The summed E-state index contributed by atoms with van der Waals surface area (Å²) in [7, 11) is 0. The van der Waals surface area contributed by atoms with Crippen molar-refractivity contribution in [3.8, 4) is 0 Å². The molecule has 3 atom stereocenters. The molecule has 5 heteroatoms. The molecule has 0 radical (unpaired) electrons. The first-order chi connectivity index (χ1) is 15.2. The van der Waals surface area contributed by atoms with Gasteiger partial charge in [0.1, 0.15) is 5.76 Å². The van der Waals surface area contributed by atoms with Crippen LogP contribution >= 0.6 is 11.8 Å². The molecular formula is C26H25NO3S. The van der Waals surface area contributed by atoms with E-state index in [-0.39, 0.29) is 29.2 Å². The predicted molar refractivity (Wildman–Crippen MR) is 124 cm³/mol. The average Bonchev–Trinajstić information content (AvgIpc) is 2.82. The first-order valence-corrected chi connectivity index (χ1v) is 11.2. The van der Waals surface area contributed by atoms with Crippen LogP contribution < -0.4 is 5.32 Å². The van der Waals surface area contributed by atoms with E-state index in [0.29, 0.717) is 0 Å². The highest BCUT2D eigenvalue weighted by Gasteiger charge is 2.42. The Morgan fingerprint density at radius 3 is 2.03 bits per heavy atom. The molecule has 2 N–H and O–H groups in total. The quantitative estimate of drug-likeness (QED) is 0.497. The lowest BCUT2D eigenvalue weighted by Gasteiger charge is -2.38. The number of hydrogen-bond acceptors (Lipinski definition) is 5. The van der Waals surface area contributed by atoms with Crippen molar-refractivity contribution in [3.05, 3.63) is 113 Å². The van der Waals surface area contributed by atoms with Crippen LogP contribution in [0.15, 0.2) is 107 Å². The second-order valence-electron chi connectivity index (χ2n) is 7.27. The Labute approximate surface area is 187 Å². The van der Waals surface area contributed by atoms with Crippen LogP contribution in [0.4, 0.5) is 0 Å². The minimum atomic E-state index is -0.494. The fraction of sp³-hybridized carbons (Fsp3) is 0.192. The van der Waals surface area contributed by atoms with Crippen LogP contribution in [-0.4, -0.2) is 22.9 Å². The van der Waals surface area contributed by atoms with Crippen molar-refractivity contribution in [2.45, 2.75) is 29.2 Å². The van der Waals surface area contributed by atoms with E-state index in [4.69, 9.17) is 4.74 Å². The highest BCUT2D eigenvalue weighted by molar-refractivity contribution is 8.00. The number of aliphatic hydroxyl groups excluding tert-OH is 1. The number of hydrogen-bond donors (Lipinski definition) is 2. The summed E-state index contributed by atoms with van der Waals surface area (Å²) in [6.45, 7) is 2.02. The minimum absolute atomic E-state index is 0.0637. The molecule has 1 aliphatic rings. The summed E-state index contributed by atoms with van der Waals surface area (Å²) in [5, 5.41) is 14.7. The van der Waals surface area contributed by atoms with Gasteiger partial charge in [-0.25, -0.2) is 4.79 Å². The smallest absolute Gasteiger partial charge is 0.339 e. The molecule has 0 saturated carbocycles. The van der Waals surface area contributed by atoms with Crippen LogP contribution in [0.2, 0.25) is 0 Å². The van der Waals surface area contributed by atoms with E-state index in [9.17, 15) is 9.90 Å². The summed E-state index contributed by atoms with van der Waals surface area (Å²) in [5.74, 6) is -0.430. The fourth-order valence-corrected chi connectivity index (χ4v) is 5.07. The van der Waals surface area contributed by atoms with Gasteiger partial charge < -0.3 is 9.84 Å². The molecule has 1 aliphatic heterocycles. The molecule has 1 heterocycles. The monoisotopic (exact) mass is 431 g/mol. The molecule has 3 aromatic carbocycles. The number of carbonyl (C=O) groups is 1. The molecule has 0 aliphatic carbocycles. The van der Waals surface area contributed by atoms with Gasteiger partial charge in [0.05, 0.1) is 29.5 Å². The largest absolute Gasteiger partial charge is 0.510 e. The van der Waals surface area contributed by atoms with Crippen LogP contribution in [0.25, 0.3) is 0 Å². The van der Waals surface area contributed by atoms with Gasteiger partial charge in [-0.15, -0.1) is 11.8 Å². The molecule has 0 saturated heterocycles. The molecule has 4 nitrogen and oxygen atoms in total. The lowest BCUT2D eigenvalue weighted by molar-refractivity contribution is -0.139. The van der Waals surface area contributed by atoms with Gasteiger partial charge in [-0.05, 0) is 30.2 Å². The SMILES string of the molecule is CCOC(=O)C1=C(O)[C@@H](Sc2ccccc2)[C@H](c2ccccc2)N[C@H]1c1ccccc1. The molecule has 158 valence electrons. The molecule has 0 unspecified atom stereocenters. The van der Waals surface area contributed by atoms with Gasteiger partial charge in [0, 0.05) is 4.90 Å². The minimum Gasteiger partial charge on any atom is -0.510 e. The number of esters is 1. The number of ether oxygens (including phenoxy) is 1. The van der Waals surface area contributed by atoms with Gasteiger partial charge in [-0.1, -0.05) is 78.9 Å². The molecule has 0 spiro atoms. The zero-order chi connectivity index (χ0) is 21.6. The maximum atomic E-state index is 12.9. The van der Waals surface area contributed by atoms with E-state index in [1.54, 1.807) is 6.92 Å². The second kappa shape index (κ2) is 9.86. The van der Waals surface area contributed by atoms with Crippen molar-refractivity contribution >= 4 is 17.7 Å². The molecule has 4 rings (SSSR count). The van der Waals surface area contributed by atoms with Gasteiger partial charge >= 0.3 is 5.97 Å². The zero-order valence-electron chi connectivity index (χ0n) is 17.3. The van der Waals surface area contributed by atoms with E-state index in [1.807, 2.05) is 91.0 Å². The van der Waals surface area contributed by atoms with Gasteiger partial charge in [0.2, 0.25) is 0 Å².